The van der Waals surface area contributed by atoms with Gasteiger partial charge in [0, 0.05) is 5.41 Å². The maximum atomic E-state index is 5.54. The molecule has 0 aromatic carbocycles. The highest BCUT2D eigenvalue weighted by atomic mass is 16.6. The Morgan fingerprint density at radius 3 is 2.55 bits per heavy atom. The lowest BCUT2D eigenvalue weighted by Crippen LogP contribution is -2.40. The summed E-state index contributed by atoms with van der Waals surface area (Å²) in [4.78, 5) is 0. The van der Waals surface area contributed by atoms with Crippen LogP contribution in [0.25, 0.3) is 0 Å². The topological polar surface area (TPSA) is 44.5 Å². The summed E-state index contributed by atoms with van der Waals surface area (Å²) in [5.74, 6) is 0. The molecular weight excluding hydrogens is 142 g/mol. The van der Waals surface area contributed by atoms with Crippen LogP contribution in [0.5, 0.6) is 0 Å². The van der Waals surface area contributed by atoms with E-state index in [2.05, 4.69) is 13.8 Å². The van der Waals surface area contributed by atoms with E-state index in [1.54, 1.807) is 0 Å². The van der Waals surface area contributed by atoms with E-state index in [1.165, 1.54) is 0 Å². The van der Waals surface area contributed by atoms with Crippen LogP contribution in [0, 0.1) is 5.41 Å². The zero-order chi connectivity index (χ0) is 8.32. The standard InChI is InChI=1S/C8H17NO2/c1-8(2,5-9)6-11-7-3-10-4-7/h7H,3-6,9H2,1-2H3. The quantitative estimate of drug-likeness (QED) is 0.645. The monoisotopic (exact) mass is 159 g/mol. The molecule has 0 aliphatic carbocycles. The molecule has 0 atom stereocenters. The van der Waals surface area contributed by atoms with Crippen LogP contribution in [-0.2, 0) is 9.47 Å². The molecule has 1 heterocycles. The van der Waals surface area contributed by atoms with Crippen LogP contribution in [-0.4, -0.2) is 32.5 Å². The van der Waals surface area contributed by atoms with Gasteiger partial charge in [-0.15, -0.1) is 0 Å². The Labute approximate surface area is 67.9 Å². The number of hydrogen-bond donors (Lipinski definition) is 1. The summed E-state index contributed by atoms with van der Waals surface area (Å²) in [6.45, 7) is 7.11. The third-order valence-electron chi connectivity index (χ3n) is 1.87. The van der Waals surface area contributed by atoms with Crippen molar-refractivity contribution < 1.29 is 9.47 Å². The van der Waals surface area contributed by atoms with Gasteiger partial charge in [-0.25, -0.2) is 0 Å². The van der Waals surface area contributed by atoms with Crippen molar-refractivity contribution in [3.05, 3.63) is 0 Å². The summed E-state index contributed by atoms with van der Waals surface area (Å²) in [7, 11) is 0. The molecule has 0 aromatic heterocycles. The Morgan fingerprint density at radius 2 is 2.18 bits per heavy atom. The number of rotatable bonds is 4. The van der Waals surface area contributed by atoms with E-state index in [0.717, 1.165) is 19.8 Å². The lowest BCUT2D eigenvalue weighted by molar-refractivity contribution is -0.142. The second kappa shape index (κ2) is 3.52. The van der Waals surface area contributed by atoms with Crippen LogP contribution in [0.2, 0.25) is 0 Å². The third kappa shape index (κ3) is 2.77. The molecular formula is C8H17NO2. The van der Waals surface area contributed by atoms with Gasteiger partial charge in [-0.3, -0.25) is 0 Å². The second-order valence-electron chi connectivity index (χ2n) is 3.84. The molecule has 1 saturated heterocycles. The molecule has 1 fully saturated rings. The van der Waals surface area contributed by atoms with Gasteiger partial charge in [-0.2, -0.15) is 0 Å². The molecule has 0 aromatic rings. The summed E-state index contributed by atoms with van der Waals surface area (Å²) in [5.41, 5.74) is 5.65. The summed E-state index contributed by atoms with van der Waals surface area (Å²) < 4.78 is 10.5. The SMILES string of the molecule is CC(C)(CN)COC1COC1. The van der Waals surface area contributed by atoms with Gasteiger partial charge in [0.15, 0.2) is 0 Å². The summed E-state index contributed by atoms with van der Waals surface area (Å²) in [6, 6.07) is 0. The molecule has 3 heteroatoms. The first-order chi connectivity index (χ1) is 5.14. The fourth-order valence-corrected chi connectivity index (χ4v) is 0.713. The maximum absolute atomic E-state index is 5.54. The van der Waals surface area contributed by atoms with Crippen molar-refractivity contribution in [2.45, 2.75) is 20.0 Å². The van der Waals surface area contributed by atoms with Crippen molar-refractivity contribution in [3.63, 3.8) is 0 Å². The van der Waals surface area contributed by atoms with Gasteiger partial charge in [0.1, 0.15) is 6.10 Å². The van der Waals surface area contributed by atoms with E-state index < -0.39 is 0 Å². The van der Waals surface area contributed by atoms with E-state index in [9.17, 15) is 0 Å². The Bertz CT molecular complexity index is 121. The molecule has 1 aliphatic heterocycles. The highest BCUT2D eigenvalue weighted by Crippen LogP contribution is 2.16. The third-order valence-corrected chi connectivity index (χ3v) is 1.87. The normalized spacial score (nSPS) is 19.9. The van der Waals surface area contributed by atoms with Crippen molar-refractivity contribution in [1.82, 2.24) is 0 Å². The summed E-state index contributed by atoms with van der Waals surface area (Å²) in [6.07, 6.45) is 0.320. The van der Waals surface area contributed by atoms with Gasteiger partial charge in [-0.05, 0) is 6.54 Å². The first-order valence-corrected chi connectivity index (χ1v) is 4.03. The molecule has 0 saturated carbocycles. The van der Waals surface area contributed by atoms with Gasteiger partial charge in [0.25, 0.3) is 0 Å². The van der Waals surface area contributed by atoms with Gasteiger partial charge >= 0.3 is 0 Å². The zero-order valence-corrected chi connectivity index (χ0v) is 7.30. The fraction of sp³-hybridized carbons (Fsp3) is 1.00. The van der Waals surface area contributed by atoms with Gasteiger partial charge < -0.3 is 15.2 Å². The van der Waals surface area contributed by atoms with Crippen LogP contribution in [0.4, 0.5) is 0 Å². The van der Waals surface area contributed by atoms with E-state index in [4.69, 9.17) is 15.2 Å². The van der Waals surface area contributed by atoms with Crippen molar-refractivity contribution >= 4 is 0 Å². The fourth-order valence-electron chi connectivity index (χ4n) is 0.713. The molecule has 0 spiro atoms. The summed E-state index contributed by atoms with van der Waals surface area (Å²) >= 11 is 0. The summed E-state index contributed by atoms with van der Waals surface area (Å²) in [5, 5.41) is 0. The minimum Gasteiger partial charge on any atom is -0.376 e. The first kappa shape index (κ1) is 8.97. The van der Waals surface area contributed by atoms with Crippen LogP contribution < -0.4 is 5.73 Å². The minimum absolute atomic E-state index is 0.107. The molecule has 11 heavy (non-hydrogen) atoms. The minimum atomic E-state index is 0.107. The Kier molecular flexibility index (Phi) is 2.87. The molecule has 0 bridgehead atoms. The highest BCUT2D eigenvalue weighted by Gasteiger charge is 2.23. The van der Waals surface area contributed by atoms with Gasteiger partial charge in [0.2, 0.25) is 0 Å². The lowest BCUT2D eigenvalue weighted by Gasteiger charge is -2.30. The predicted octanol–water partition coefficient (Wildman–Crippen LogP) is 0.387. The Hall–Kier alpha value is -0.120. The zero-order valence-electron chi connectivity index (χ0n) is 7.30. The average molecular weight is 159 g/mol. The molecule has 0 radical (unpaired) electrons. The molecule has 66 valence electrons. The van der Waals surface area contributed by atoms with Crippen molar-refractivity contribution in [3.8, 4) is 0 Å². The molecule has 1 aliphatic rings. The predicted molar refractivity (Wildman–Crippen MR) is 43.4 cm³/mol. The van der Waals surface area contributed by atoms with E-state index in [-0.39, 0.29) is 5.41 Å². The molecule has 0 amide bonds. The van der Waals surface area contributed by atoms with Crippen LogP contribution in [0.15, 0.2) is 0 Å². The number of ether oxygens (including phenoxy) is 2. The van der Waals surface area contributed by atoms with Gasteiger partial charge in [0.05, 0.1) is 19.8 Å². The molecule has 0 unspecified atom stereocenters. The van der Waals surface area contributed by atoms with E-state index in [1.807, 2.05) is 0 Å². The van der Waals surface area contributed by atoms with Gasteiger partial charge in [-0.1, -0.05) is 13.8 Å². The molecule has 2 N–H and O–H groups in total. The van der Waals surface area contributed by atoms with Crippen LogP contribution >= 0.6 is 0 Å². The smallest absolute Gasteiger partial charge is 0.104 e. The van der Waals surface area contributed by atoms with E-state index in [0.29, 0.717) is 12.6 Å². The Morgan fingerprint density at radius 1 is 1.55 bits per heavy atom. The number of nitrogens with two attached hydrogens (primary N) is 1. The van der Waals surface area contributed by atoms with Crippen molar-refractivity contribution in [2.75, 3.05) is 26.4 Å². The highest BCUT2D eigenvalue weighted by molar-refractivity contribution is 4.71. The second-order valence-corrected chi connectivity index (χ2v) is 3.84. The Balaban J connectivity index is 2.09. The lowest BCUT2D eigenvalue weighted by atomic mass is 9.95. The van der Waals surface area contributed by atoms with Crippen molar-refractivity contribution in [2.24, 2.45) is 11.1 Å². The van der Waals surface area contributed by atoms with Crippen molar-refractivity contribution in [1.29, 1.82) is 0 Å². The van der Waals surface area contributed by atoms with Crippen LogP contribution in [0.1, 0.15) is 13.8 Å². The molecule has 3 nitrogen and oxygen atoms in total. The number of hydrogen-bond acceptors (Lipinski definition) is 3. The van der Waals surface area contributed by atoms with E-state index >= 15 is 0 Å². The largest absolute Gasteiger partial charge is 0.376 e. The van der Waals surface area contributed by atoms with Crippen LogP contribution in [0.3, 0.4) is 0 Å². The average Bonchev–Trinajstić information content (AvgIpc) is 1.84. The molecule has 1 rings (SSSR count). The first-order valence-electron chi connectivity index (χ1n) is 4.03. The maximum Gasteiger partial charge on any atom is 0.104 e.